The number of nitrogens with one attached hydrogen (secondary N) is 1. The number of amides is 1. The molecule has 0 saturated carbocycles. The largest absolute Gasteiger partial charge is 0.391 e. The van der Waals surface area contributed by atoms with E-state index < -0.39 is 6.10 Å². The maximum Gasteiger partial charge on any atom is 0.254 e. The molecular formula is C14H25N3O2. The summed E-state index contributed by atoms with van der Waals surface area (Å²) in [4.78, 5) is 12.0. The summed E-state index contributed by atoms with van der Waals surface area (Å²) in [5, 5.41) is 16.6. The maximum absolute atomic E-state index is 12.0. The van der Waals surface area contributed by atoms with Gasteiger partial charge in [-0.15, -0.1) is 0 Å². The Balaban J connectivity index is 2.60. The minimum Gasteiger partial charge on any atom is -0.391 e. The molecule has 5 nitrogen and oxygen atoms in total. The summed E-state index contributed by atoms with van der Waals surface area (Å²) in [7, 11) is 0. The molecule has 1 amide bonds. The van der Waals surface area contributed by atoms with Crippen LogP contribution in [0.15, 0.2) is 6.20 Å². The Hall–Kier alpha value is -1.36. The van der Waals surface area contributed by atoms with Crippen LogP contribution in [-0.4, -0.2) is 33.4 Å². The van der Waals surface area contributed by atoms with Crippen molar-refractivity contribution >= 4 is 5.91 Å². The smallest absolute Gasteiger partial charge is 0.254 e. The fourth-order valence-corrected chi connectivity index (χ4v) is 1.94. The van der Waals surface area contributed by atoms with Crippen molar-refractivity contribution in [2.24, 2.45) is 5.92 Å². The van der Waals surface area contributed by atoms with E-state index in [-0.39, 0.29) is 5.91 Å². The Morgan fingerprint density at radius 2 is 2.21 bits per heavy atom. The van der Waals surface area contributed by atoms with E-state index in [9.17, 15) is 9.90 Å². The highest BCUT2D eigenvalue weighted by Crippen LogP contribution is 2.09. The van der Waals surface area contributed by atoms with Gasteiger partial charge in [0.25, 0.3) is 5.91 Å². The first-order chi connectivity index (χ1) is 8.95. The third-order valence-electron chi connectivity index (χ3n) is 3.01. The van der Waals surface area contributed by atoms with Gasteiger partial charge in [-0.25, -0.2) is 0 Å². The zero-order valence-corrected chi connectivity index (χ0v) is 12.3. The third-order valence-corrected chi connectivity index (χ3v) is 3.01. The highest BCUT2D eigenvalue weighted by Gasteiger charge is 2.15. The Morgan fingerprint density at radius 1 is 1.53 bits per heavy atom. The Labute approximate surface area is 115 Å². The molecule has 1 atom stereocenters. The molecule has 0 aliphatic carbocycles. The monoisotopic (exact) mass is 267 g/mol. The van der Waals surface area contributed by atoms with Crippen LogP contribution in [0.25, 0.3) is 0 Å². The van der Waals surface area contributed by atoms with E-state index in [0.717, 1.165) is 18.7 Å². The SMILES string of the molecule is CCCC(O)CNC(=O)c1cnn(CC(C)C)c1C. The Morgan fingerprint density at radius 3 is 2.79 bits per heavy atom. The van der Waals surface area contributed by atoms with Crippen LogP contribution in [0.5, 0.6) is 0 Å². The number of aromatic nitrogens is 2. The molecule has 0 spiro atoms. The van der Waals surface area contributed by atoms with E-state index in [2.05, 4.69) is 24.3 Å². The van der Waals surface area contributed by atoms with Gasteiger partial charge in [-0.3, -0.25) is 9.48 Å². The maximum atomic E-state index is 12.0. The molecule has 1 heterocycles. The molecule has 1 unspecified atom stereocenters. The average molecular weight is 267 g/mol. The van der Waals surface area contributed by atoms with Crippen LogP contribution in [0.2, 0.25) is 0 Å². The standard InChI is InChI=1S/C14H25N3O2/c1-5-6-12(18)7-15-14(19)13-8-16-17(11(13)4)9-10(2)3/h8,10,12,18H,5-7,9H2,1-4H3,(H,15,19). The lowest BCUT2D eigenvalue weighted by Crippen LogP contribution is -2.32. The highest BCUT2D eigenvalue weighted by molar-refractivity contribution is 5.95. The summed E-state index contributed by atoms with van der Waals surface area (Å²) in [5.41, 5.74) is 1.46. The van der Waals surface area contributed by atoms with E-state index in [0.29, 0.717) is 24.4 Å². The molecule has 0 radical (unpaired) electrons. The second-order valence-electron chi connectivity index (χ2n) is 5.37. The van der Waals surface area contributed by atoms with Gasteiger partial charge in [-0.2, -0.15) is 5.10 Å². The average Bonchev–Trinajstić information content (AvgIpc) is 2.68. The first kappa shape index (κ1) is 15.7. The Bertz CT molecular complexity index is 413. The van der Waals surface area contributed by atoms with Crippen molar-refractivity contribution < 1.29 is 9.90 Å². The minimum absolute atomic E-state index is 0.164. The summed E-state index contributed by atoms with van der Waals surface area (Å²) in [6.45, 7) is 9.22. The fraction of sp³-hybridized carbons (Fsp3) is 0.714. The number of carbonyl (C=O) groups excluding carboxylic acids is 1. The quantitative estimate of drug-likeness (QED) is 0.790. The van der Waals surface area contributed by atoms with Crippen molar-refractivity contribution in [1.82, 2.24) is 15.1 Å². The second kappa shape index (κ2) is 7.28. The molecule has 1 aromatic rings. The lowest BCUT2D eigenvalue weighted by atomic mass is 10.2. The first-order valence-electron chi connectivity index (χ1n) is 6.94. The van der Waals surface area contributed by atoms with Crippen molar-refractivity contribution in [3.63, 3.8) is 0 Å². The Kier molecular flexibility index (Phi) is 6.02. The predicted octanol–water partition coefficient (Wildman–Crippen LogP) is 1.74. The van der Waals surface area contributed by atoms with Gasteiger partial charge < -0.3 is 10.4 Å². The van der Waals surface area contributed by atoms with Gasteiger partial charge in [-0.1, -0.05) is 27.2 Å². The van der Waals surface area contributed by atoms with E-state index in [1.807, 2.05) is 18.5 Å². The lowest BCUT2D eigenvalue weighted by molar-refractivity contribution is 0.0909. The van der Waals surface area contributed by atoms with Gasteiger partial charge in [-0.05, 0) is 19.3 Å². The summed E-state index contributed by atoms with van der Waals surface area (Å²) >= 11 is 0. The molecule has 1 rings (SSSR count). The molecule has 1 aromatic heterocycles. The van der Waals surface area contributed by atoms with Crippen molar-refractivity contribution in [2.45, 2.75) is 53.2 Å². The number of aliphatic hydroxyl groups excluding tert-OH is 1. The van der Waals surface area contributed by atoms with Crippen LogP contribution in [0.3, 0.4) is 0 Å². The van der Waals surface area contributed by atoms with Crippen molar-refractivity contribution in [1.29, 1.82) is 0 Å². The second-order valence-corrected chi connectivity index (χ2v) is 5.37. The molecule has 5 heteroatoms. The van der Waals surface area contributed by atoms with Crippen LogP contribution in [0, 0.1) is 12.8 Å². The highest BCUT2D eigenvalue weighted by atomic mass is 16.3. The summed E-state index contributed by atoms with van der Waals surface area (Å²) in [6.07, 6.45) is 2.73. The van der Waals surface area contributed by atoms with Gasteiger partial charge in [0.1, 0.15) is 0 Å². The zero-order valence-electron chi connectivity index (χ0n) is 12.3. The molecule has 2 N–H and O–H groups in total. The molecule has 19 heavy (non-hydrogen) atoms. The van der Waals surface area contributed by atoms with Crippen LogP contribution in [0.1, 0.15) is 49.7 Å². The lowest BCUT2D eigenvalue weighted by Gasteiger charge is -2.11. The summed E-state index contributed by atoms with van der Waals surface area (Å²) < 4.78 is 1.85. The van der Waals surface area contributed by atoms with Gasteiger partial charge in [0, 0.05) is 18.8 Å². The van der Waals surface area contributed by atoms with Crippen LogP contribution in [-0.2, 0) is 6.54 Å². The van der Waals surface area contributed by atoms with Crippen LogP contribution >= 0.6 is 0 Å². The number of aliphatic hydroxyl groups is 1. The summed E-state index contributed by atoms with van der Waals surface area (Å²) in [5.74, 6) is 0.323. The normalized spacial score (nSPS) is 12.7. The number of rotatable bonds is 7. The van der Waals surface area contributed by atoms with E-state index >= 15 is 0 Å². The molecule has 0 bridgehead atoms. The molecule has 0 aromatic carbocycles. The molecule has 0 fully saturated rings. The van der Waals surface area contributed by atoms with Crippen LogP contribution in [0.4, 0.5) is 0 Å². The van der Waals surface area contributed by atoms with Crippen molar-refractivity contribution in [3.8, 4) is 0 Å². The van der Waals surface area contributed by atoms with Gasteiger partial charge in [0.2, 0.25) is 0 Å². The van der Waals surface area contributed by atoms with Gasteiger partial charge >= 0.3 is 0 Å². The van der Waals surface area contributed by atoms with Gasteiger partial charge in [0.15, 0.2) is 0 Å². The molecular weight excluding hydrogens is 242 g/mol. The number of carbonyl (C=O) groups is 1. The van der Waals surface area contributed by atoms with Crippen molar-refractivity contribution in [2.75, 3.05) is 6.54 Å². The molecule has 108 valence electrons. The number of hydrogen-bond donors (Lipinski definition) is 2. The van der Waals surface area contributed by atoms with E-state index in [1.54, 1.807) is 6.20 Å². The van der Waals surface area contributed by atoms with E-state index in [4.69, 9.17) is 0 Å². The van der Waals surface area contributed by atoms with Crippen molar-refractivity contribution in [3.05, 3.63) is 17.5 Å². The first-order valence-corrected chi connectivity index (χ1v) is 6.94. The van der Waals surface area contributed by atoms with Gasteiger partial charge in [0.05, 0.1) is 17.9 Å². The van der Waals surface area contributed by atoms with Crippen LogP contribution < -0.4 is 5.32 Å². The molecule has 0 saturated heterocycles. The topological polar surface area (TPSA) is 67.2 Å². The third kappa shape index (κ3) is 4.67. The minimum atomic E-state index is -0.472. The molecule has 0 aliphatic rings. The van der Waals surface area contributed by atoms with E-state index in [1.165, 1.54) is 0 Å². The fourth-order valence-electron chi connectivity index (χ4n) is 1.94. The zero-order chi connectivity index (χ0) is 14.4. The number of hydrogen-bond acceptors (Lipinski definition) is 3. The number of nitrogens with zero attached hydrogens (tertiary/aromatic N) is 2. The predicted molar refractivity (Wildman–Crippen MR) is 75.1 cm³/mol. The molecule has 0 aliphatic heterocycles. The summed E-state index contributed by atoms with van der Waals surface area (Å²) in [6, 6.07) is 0.